The van der Waals surface area contributed by atoms with Crippen LogP contribution in [0.2, 0.25) is 0 Å². The van der Waals surface area contributed by atoms with Gasteiger partial charge in [-0.1, -0.05) is 0 Å². The van der Waals surface area contributed by atoms with Crippen LogP contribution < -0.4 is 0 Å². The Balaban J connectivity index is 1.87. The average molecular weight is 320 g/mol. The van der Waals surface area contributed by atoms with Gasteiger partial charge in [-0.15, -0.1) is 0 Å². The molecule has 0 aromatic carbocycles. The summed E-state index contributed by atoms with van der Waals surface area (Å²) < 4.78 is 45.2. The van der Waals surface area contributed by atoms with Crippen molar-refractivity contribution in [1.29, 1.82) is 0 Å². The molecule has 2 bridgehead atoms. The Labute approximate surface area is 124 Å². The van der Waals surface area contributed by atoms with Crippen molar-refractivity contribution < 1.29 is 31.6 Å². The third-order valence-electron chi connectivity index (χ3n) is 4.30. The summed E-state index contributed by atoms with van der Waals surface area (Å²) in [6.45, 7) is 4.97. The predicted molar refractivity (Wildman–Crippen MR) is 70.7 cm³/mol. The number of ether oxygens (including phenoxy) is 3. The molecular formula is C13H20O7S. The minimum absolute atomic E-state index is 0.152. The number of carbonyl (C=O) groups excluding carboxylic acids is 1. The maximum Gasteiger partial charge on any atom is 0.302 e. The lowest BCUT2D eigenvalue weighted by atomic mass is 9.92. The van der Waals surface area contributed by atoms with E-state index in [0.717, 1.165) is 6.26 Å². The second-order valence-electron chi connectivity index (χ2n) is 6.45. The van der Waals surface area contributed by atoms with Crippen LogP contribution in [0.5, 0.6) is 0 Å². The largest absolute Gasteiger partial charge is 0.462 e. The fourth-order valence-corrected chi connectivity index (χ4v) is 4.57. The highest BCUT2D eigenvalue weighted by Crippen LogP contribution is 2.55. The van der Waals surface area contributed by atoms with Gasteiger partial charge in [0.1, 0.15) is 6.10 Å². The van der Waals surface area contributed by atoms with Crippen LogP contribution in [-0.2, 0) is 33.3 Å². The van der Waals surface area contributed by atoms with Gasteiger partial charge >= 0.3 is 5.97 Å². The summed E-state index contributed by atoms with van der Waals surface area (Å²) in [4.78, 5) is 11.2. The third-order valence-corrected chi connectivity index (χ3v) is 4.88. The lowest BCUT2D eigenvalue weighted by Crippen LogP contribution is -2.40. The molecule has 1 aliphatic heterocycles. The Morgan fingerprint density at radius 2 is 1.86 bits per heavy atom. The van der Waals surface area contributed by atoms with Crippen molar-refractivity contribution in [2.75, 3.05) is 6.26 Å². The average Bonchev–Trinajstić information content (AvgIpc) is 2.80. The SMILES string of the molecule is CC(=O)O[C@H]1C[C@H]2[C@@H]3OC(C)(C)O[C@@H]3[C@@H]1[C@H]2OS(C)(=O)=O. The molecule has 0 N–H and O–H groups in total. The van der Waals surface area contributed by atoms with Gasteiger partial charge in [-0.25, -0.2) is 0 Å². The van der Waals surface area contributed by atoms with Gasteiger partial charge < -0.3 is 14.2 Å². The highest BCUT2D eigenvalue weighted by atomic mass is 32.2. The van der Waals surface area contributed by atoms with Crippen LogP contribution in [0, 0.1) is 11.8 Å². The molecule has 3 aliphatic rings. The molecule has 2 aliphatic carbocycles. The third kappa shape index (κ3) is 2.69. The summed E-state index contributed by atoms with van der Waals surface area (Å²) in [5.41, 5.74) is 0. The zero-order valence-electron chi connectivity index (χ0n) is 12.4. The van der Waals surface area contributed by atoms with Crippen molar-refractivity contribution in [2.45, 2.75) is 57.4 Å². The Morgan fingerprint density at radius 3 is 2.43 bits per heavy atom. The monoisotopic (exact) mass is 320 g/mol. The molecule has 0 spiro atoms. The van der Waals surface area contributed by atoms with E-state index in [9.17, 15) is 13.2 Å². The first-order valence-electron chi connectivity index (χ1n) is 6.98. The molecule has 120 valence electrons. The van der Waals surface area contributed by atoms with Crippen molar-refractivity contribution in [2.24, 2.45) is 11.8 Å². The van der Waals surface area contributed by atoms with Crippen LogP contribution in [0.1, 0.15) is 27.2 Å². The molecule has 7 nitrogen and oxygen atoms in total. The normalized spacial score (nSPS) is 43.8. The van der Waals surface area contributed by atoms with Gasteiger partial charge in [0, 0.05) is 12.8 Å². The van der Waals surface area contributed by atoms with E-state index in [1.165, 1.54) is 6.92 Å². The Morgan fingerprint density at radius 1 is 1.24 bits per heavy atom. The molecule has 3 fully saturated rings. The Bertz CT molecular complexity index is 555. The van der Waals surface area contributed by atoms with Crippen molar-refractivity contribution in [1.82, 2.24) is 0 Å². The summed E-state index contributed by atoms with van der Waals surface area (Å²) in [7, 11) is -3.60. The Hall–Kier alpha value is -0.700. The van der Waals surface area contributed by atoms with E-state index >= 15 is 0 Å². The van der Waals surface area contributed by atoms with E-state index in [4.69, 9.17) is 18.4 Å². The summed E-state index contributed by atoms with van der Waals surface area (Å²) in [5.74, 6) is -1.57. The lowest BCUT2D eigenvalue weighted by Gasteiger charge is -2.28. The van der Waals surface area contributed by atoms with Gasteiger partial charge in [-0.3, -0.25) is 8.98 Å². The van der Waals surface area contributed by atoms with Crippen LogP contribution in [0.25, 0.3) is 0 Å². The molecule has 1 heterocycles. The maximum absolute atomic E-state index is 11.5. The number of fused-ring (bicyclic) bond motifs is 5. The number of carbonyl (C=O) groups is 1. The summed E-state index contributed by atoms with van der Waals surface area (Å²) in [6.07, 6.45) is 0.0739. The summed E-state index contributed by atoms with van der Waals surface area (Å²) >= 11 is 0. The minimum Gasteiger partial charge on any atom is -0.462 e. The zero-order chi connectivity index (χ0) is 15.6. The van der Waals surface area contributed by atoms with Gasteiger partial charge in [0.25, 0.3) is 10.1 Å². The highest BCUT2D eigenvalue weighted by Gasteiger charge is 2.67. The van der Waals surface area contributed by atoms with E-state index in [-0.39, 0.29) is 30.0 Å². The van der Waals surface area contributed by atoms with Gasteiger partial charge in [0.2, 0.25) is 0 Å². The maximum atomic E-state index is 11.5. The van der Waals surface area contributed by atoms with Gasteiger partial charge in [0.05, 0.1) is 30.5 Å². The molecule has 8 heteroatoms. The van der Waals surface area contributed by atoms with E-state index in [0.29, 0.717) is 6.42 Å². The number of rotatable bonds is 3. The molecule has 21 heavy (non-hydrogen) atoms. The smallest absolute Gasteiger partial charge is 0.302 e. The van der Waals surface area contributed by atoms with Crippen LogP contribution in [0.3, 0.4) is 0 Å². The molecule has 1 saturated heterocycles. The molecule has 2 saturated carbocycles. The van der Waals surface area contributed by atoms with E-state index < -0.39 is 28.1 Å². The molecule has 0 amide bonds. The predicted octanol–water partition coefficient (Wildman–Crippen LogP) is 0.433. The quantitative estimate of drug-likeness (QED) is 0.550. The first kappa shape index (κ1) is 15.2. The number of hydrogen-bond acceptors (Lipinski definition) is 7. The van der Waals surface area contributed by atoms with Crippen LogP contribution in [0.15, 0.2) is 0 Å². The molecule has 0 unspecified atom stereocenters. The van der Waals surface area contributed by atoms with Gasteiger partial charge in [-0.2, -0.15) is 8.42 Å². The number of esters is 1. The molecule has 0 aromatic rings. The zero-order valence-corrected chi connectivity index (χ0v) is 13.3. The van der Waals surface area contributed by atoms with Gasteiger partial charge in [0.15, 0.2) is 5.79 Å². The lowest BCUT2D eigenvalue weighted by molar-refractivity contribution is -0.169. The van der Waals surface area contributed by atoms with Crippen LogP contribution in [-0.4, -0.2) is 50.8 Å². The highest BCUT2D eigenvalue weighted by molar-refractivity contribution is 7.86. The van der Waals surface area contributed by atoms with Crippen molar-refractivity contribution in [3.05, 3.63) is 0 Å². The molecule has 6 atom stereocenters. The van der Waals surface area contributed by atoms with Crippen molar-refractivity contribution in [3.63, 3.8) is 0 Å². The molecule has 0 aromatic heterocycles. The van der Waals surface area contributed by atoms with Crippen molar-refractivity contribution >= 4 is 16.1 Å². The van der Waals surface area contributed by atoms with E-state index in [1.54, 1.807) is 0 Å². The molecule has 3 rings (SSSR count). The van der Waals surface area contributed by atoms with Crippen LogP contribution >= 0.6 is 0 Å². The number of hydrogen-bond donors (Lipinski definition) is 0. The second kappa shape index (κ2) is 4.65. The van der Waals surface area contributed by atoms with Crippen molar-refractivity contribution in [3.8, 4) is 0 Å². The second-order valence-corrected chi connectivity index (χ2v) is 8.06. The minimum atomic E-state index is -3.60. The fraction of sp³-hybridized carbons (Fsp3) is 0.923. The first-order valence-corrected chi connectivity index (χ1v) is 8.80. The van der Waals surface area contributed by atoms with E-state index in [1.807, 2.05) is 13.8 Å². The van der Waals surface area contributed by atoms with E-state index in [2.05, 4.69) is 0 Å². The summed E-state index contributed by atoms with van der Waals surface area (Å²) in [5, 5.41) is 0. The topological polar surface area (TPSA) is 88.1 Å². The molecule has 0 radical (unpaired) electrons. The Kier molecular flexibility index (Phi) is 3.36. The summed E-state index contributed by atoms with van der Waals surface area (Å²) in [6, 6.07) is 0. The molecular weight excluding hydrogens is 300 g/mol. The fourth-order valence-electron chi connectivity index (χ4n) is 3.90. The first-order chi connectivity index (χ1) is 9.57. The van der Waals surface area contributed by atoms with Crippen LogP contribution in [0.4, 0.5) is 0 Å². The van der Waals surface area contributed by atoms with Gasteiger partial charge in [-0.05, 0) is 20.3 Å². The standard InChI is InChI=1S/C13H20O7S/c1-6(14)17-8-5-7-10(20-21(4,15)16)9(8)12-11(7)18-13(2,3)19-12/h7-12H,5H2,1-4H3/t7-,8+,9+,10+,11+,12-/m1/s1.